The lowest BCUT2D eigenvalue weighted by molar-refractivity contribution is -0.149. The summed E-state index contributed by atoms with van der Waals surface area (Å²) in [4.78, 5) is 167. The van der Waals surface area contributed by atoms with Gasteiger partial charge in [0.25, 0.3) is 0 Å². The number of fused-ring (bicyclic) bond motifs is 1. The molecule has 0 bridgehead atoms. The maximum absolute atomic E-state index is 15.0. The van der Waals surface area contributed by atoms with Gasteiger partial charge in [0.1, 0.15) is 41.8 Å². The van der Waals surface area contributed by atoms with Crippen molar-refractivity contribution in [1.29, 1.82) is 0 Å². The van der Waals surface area contributed by atoms with Gasteiger partial charge in [-0.15, -0.1) is 0 Å². The molecule has 2 saturated heterocycles. The maximum atomic E-state index is 15.0. The molecule has 94 heavy (non-hydrogen) atoms. The van der Waals surface area contributed by atoms with E-state index in [1.165, 1.54) is 49.0 Å². The van der Waals surface area contributed by atoms with Crippen LogP contribution in [0.2, 0.25) is 5.02 Å². The van der Waals surface area contributed by atoms with Crippen LogP contribution in [-0.4, -0.2) is 216 Å². The lowest BCUT2D eigenvalue weighted by Gasteiger charge is -2.39. The van der Waals surface area contributed by atoms with Crippen molar-refractivity contribution < 1.29 is 79.1 Å². The first kappa shape index (κ1) is 77.2. The summed E-state index contributed by atoms with van der Waals surface area (Å²) in [6, 6.07) is -1.73. The number of carbonyl (C=O) groups is 11. The van der Waals surface area contributed by atoms with E-state index in [9.17, 15) is 79.1 Å². The third kappa shape index (κ3) is 19.6. The number of carbonyl (C=O) groups excluding carboxylic acids is 11. The van der Waals surface area contributed by atoms with Gasteiger partial charge >= 0.3 is 12.4 Å². The van der Waals surface area contributed by atoms with Crippen LogP contribution >= 0.6 is 11.6 Å². The van der Waals surface area contributed by atoms with Crippen molar-refractivity contribution in [3.8, 4) is 0 Å². The first-order valence-electron chi connectivity index (χ1n) is 31.8. The third-order valence-electron chi connectivity index (χ3n) is 18.1. The quantitative estimate of drug-likeness (QED) is 0.217. The minimum atomic E-state index is -4.94. The Morgan fingerprint density at radius 1 is 0.638 bits per heavy atom. The monoisotopic (exact) mass is 1350 g/mol. The minimum Gasteiger partial charge on any atom is -0.351 e. The largest absolute Gasteiger partial charge is 0.417 e. The number of hydrogen-bond donors (Lipinski definition) is 4. The number of hydrogen-bond acceptors (Lipinski definition) is 11. The first-order chi connectivity index (χ1) is 43.7. The average molecular weight is 1350 g/mol. The van der Waals surface area contributed by atoms with Gasteiger partial charge in [0.05, 0.1) is 35.8 Å². The van der Waals surface area contributed by atoms with Crippen LogP contribution in [0, 0.1) is 17.8 Å². The Balaban J connectivity index is 1.59. The molecule has 0 radical (unpaired) electrons. The summed E-state index contributed by atoms with van der Waals surface area (Å²) in [7, 11) is 7.60. The van der Waals surface area contributed by atoms with Gasteiger partial charge in [-0.1, -0.05) is 96.7 Å². The number of amides is 11. The second-order valence-corrected chi connectivity index (χ2v) is 26.6. The molecule has 11 amide bonds. The van der Waals surface area contributed by atoms with Crippen LogP contribution in [-0.2, 0) is 77.9 Å². The summed E-state index contributed by atoms with van der Waals surface area (Å²) in [5.41, 5.74) is -4.04. The number of likely N-dealkylation sites (N-methyl/N-ethyl adjacent to an activating group) is 6. The number of nitrogens with one attached hydrogen (secondary N) is 4. The zero-order valence-corrected chi connectivity index (χ0v) is 56.7. The number of aryl methyl sites for hydroxylation is 1. The zero-order valence-electron chi connectivity index (χ0n) is 55.9. The molecule has 22 nitrogen and oxygen atoms in total. The highest BCUT2D eigenvalue weighted by molar-refractivity contribution is 6.31. The molecule has 522 valence electrons. The van der Waals surface area contributed by atoms with Gasteiger partial charge in [0, 0.05) is 67.7 Å². The third-order valence-corrected chi connectivity index (χ3v) is 18.4. The normalized spacial score (nSPS) is 24.7. The fourth-order valence-corrected chi connectivity index (χ4v) is 12.8. The summed E-state index contributed by atoms with van der Waals surface area (Å²) in [6.07, 6.45) is -9.18. The topological polar surface area (TPSA) is 259 Å². The second kappa shape index (κ2) is 32.8. The van der Waals surface area contributed by atoms with Crippen molar-refractivity contribution in [1.82, 2.24) is 55.6 Å². The molecule has 1 aliphatic carbocycles. The molecule has 2 aliphatic heterocycles. The van der Waals surface area contributed by atoms with Crippen LogP contribution < -0.4 is 21.3 Å². The van der Waals surface area contributed by atoms with Gasteiger partial charge in [0.2, 0.25) is 65.0 Å². The summed E-state index contributed by atoms with van der Waals surface area (Å²) in [6.45, 7) is 9.80. The van der Waals surface area contributed by atoms with E-state index in [1.807, 2.05) is 13.8 Å². The Morgan fingerprint density at radius 3 is 1.82 bits per heavy atom. The van der Waals surface area contributed by atoms with Crippen LogP contribution in [0.25, 0.3) is 0 Å². The van der Waals surface area contributed by atoms with Crippen LogP contribution in [0.15, 0.2) is 42.5 Å². The smallest absolute Gasteiger partial charge is 0.351 e. The van der Waals surface area contributed by atoms with Crippen molar-refractivity contribution in [3.05, 3.63) is 69.7 Å². The molecular weight excluding hydrogens is 1260 g/mol. The maximum Gasteiger partial charge on any atom is 0.417 e. The Kier molecular flexibility index (Phi) is 26.9. The van der Waals surface area contributed by atoms with Gasteiger partial charge in [0.15, 0.2) is 0 Å². The molecule has 3 aliphatic rings. The van der Waals surface area contributed by atoms with Gasteiger partial charge in [-0.25, -0.2) is 0 Å². The standard InChI is InChI=1S/C65H92ClF6N11O11/c1-14-39(6)54-61(93)79(10)35-52(86)77(8)36-53(87)81(12)49(33-42-20-15-16-21-43(42)64(67,68)69)60(92)78(9)34-50(84)74-46(26-24-41-23-25-44(45(66)32-41)65(70,71)72)59(91)83-29-19-22-47(83)57(89)76-63(27-17-18-28-63)62(94)82(13)55(38(4)5)58(90)73-40(7)31-51(85)80(11)48(30-37(2)3)56(88)75-54/h15-16,20-21,23,25,32,37-40,46-49,54-55H,14,17-19,22,24,26-31,33-36H2,1-13H3,(H,73,90)(H,74,84)(H,75,88)(H,76,89)/t39-,40+,46-,47?,48-,49-,54-,55-/m0/s1. The molecule has 2 heterocycles. The summed E-state index contributed by atoms with van der Waals surface area (Å²) < 4.78 is 85.0. The molecule has 2 aromatic carbocycles. The number of rotatable bonds is 10. The molecular formula is C65H92ClF6N11O11. The molecule has 1 spiro atoms. The predicted octanol–water partition coefficient (Wildman–Crippen LogP) is 5.46. The zero-order chi connectivity index (χ0) is 70.6. The summed E-state index contributed by atoms with van der Waals surface area (Å²) >= 11 is 6.07. The van der Waals surface area contributed by atoms with Crippen molar-refractivity contribution >= 4 is 76.6 Å². The van der Waals surface area contributed by atoms with E-state index in [0.29, 0.717) is 19.3 Å². The SMILES string of the molecule is CC[C@H](C)[C@@H]1NC(=O)[C@H](CC(C)C)N(C)C(=O)C[C@@H](C)NC(=O)[C@H](C(C)C)N(C)C(=O)C2(CCCC2)NC(=O)C2CCCN2C(=O)[C@H](CCc2ccc(C(F)(F)F)c(Cl)c2)NC(=O)CN(C)C(=O)[C@H](Cc2ccccc2C(F)(F)F)N(C)C(=O)CN(C)C(=O)CN(C)C1=O. The lowest BCUT2D eigenvalue weighted by Crippen LogP contribution is -2.64. The summed E-state index contributed by atoms with van der Waals surface area (Å²) in [5.74, 6) is -9.80. The fourth-order valence-electron chi connectivity index (χ4n) is 12.5. The Bertz CT molecular complexity index is 3110. The van der Waals surface area contributed by atoms with Crippen molar-refractivity contribution in [2.75, 3.05) is 68.5 Å². The van der Waals surface area contributed by atoms with Crippen LogP contribution in [0.3, 0.4) is 0 Å². The molecule has 4 N–H and O–H groups in total. The van der Waals surface area contributed by atoms with E-state index in [4.69, 9.17) is 11.6 Å². The Labute approximate surface area is 550 Å². The van der Waals surface area contributed by atoms with Crippen molar-refractivity contribution in [2.24, 2.45) is 17.8 Å². The first-order valence-corrected chi connectivity index (χ1v) is 32.2. The Morgan fingerprint density at radius 2 is 1.23 bits per heavy atom. The molecule has 5 rings (SSSR count). The van der Waals surface area contributed by atoms with Crippen molar-refractivity contribution in [3.63, 3.8) is 0 Å². The van der Waals surface area contributed by atoms with E-state index < -0.39 is 185 Å². The number of alkyl halides is 6. The summed E-state index contributed by atoms with van der Waals surface area (Å²) in [5, 5.41) is 10.6. The highest BCUT2D eigenvalue weighted by Gasteiger charge is 2.50. The predicted molar refractivity (Wildman–Crippen MR) is 336 cm³/mol. The number of halogens is 7. The molecule has 2 aromatic rings. The fraction of sp³-hybridized carbons (Fsp3) is 0.646. The van der Waals surface area contributed by atoms with Crippen molar-refractivity contribution in [2.45, 2.75) is 186 Å². The van der Waals surface area contributed by atoms with Crippen LogP contribution in [0.1, 0.15) is 135 Å². The van der Waals surface area contributed by atoms with E-state index in [0.717, 1.165) is 70.1 Å². The van der Waals surface area contributed by atoms with Gasteiger partial charge < -0.3 is 55.6 Å². The van der Waals surface area contributed by atoms with Gasteiger partial charge in [-0.3, -0.25) is 52.7 Å². The molecule has 8 atom stereocenters. The average Bonchev–Trinajstić information content (AvgIpc) is 1.50. The van der Waals surface area contributed by atoms with Crippen LogP contribution in [0.4, 0.5) is 26.3 Å². The molecule has 3 fully saturated rings. The minimum absolute atomic E-state index is 0.0396. The van der Waals surface area contributed by atoms with E-state index in [2.05, 4.69) is 21.3 Å². The molecule has 0 aromatic heterocycles. The molecule has 1 unspecified atom stereocenters. The van der Waals surface area contributed by atoms with Gasteiger partial charge in [-0.2, -0.15) is 26.3 Å². The van der Waals surface area contributed by atoms with Crippen LogP contribution in [0.5, 0.6) is 0 Å². The van der Waals surface area contributed by atoms with E-state index in [1.54, 1.807) is 34.6 Å². The van der Waals surface area contributed by atoms with E-state index >= 15 is 0 Å². The molecule has 29 heteroatoms. The Hall–Kier alpha value is -7.52. The van der Waals surface area contributed by atoms with E-state index in [-0.39, 0.29) is 69.4 Å². The molecule has 1 saturated carbocycles. The second-order valence-electron chi connectivity index (χ2n) is 26.2. The highest BCUT2D eigenvalue weighted by atomic mass is 35.5. The lowest BCUT2D eigenvalue weighted by atomic mass is 9.92. The highest BCUT2D eigenvalue weighted by Crippen LogP contribution is 2.37. The van der Waals surface area contributed by atoms with Gasteiger partial charge in [-0.05, 0) is 98.9 Å². The number of nitrogens with zero attached hydrogens (tertiary/aromatic N) is 7. The number of benzene rings is 2.